The summed E-state index contributed by atoms with van der Waals surface area (Å²) in [6.07, 6.45) is 5.94. The standard InChI is InChI=1S/C11H16N4O/c12-8-3-1-2-4-9-7(8)6-14-11(15-9)5-10(13)16/h6,8H,1-5,12H2,(H2,13,16). The van der Waals surface area contributed by atoms with Gasteiger partial charge in [0, 0.05) is 23.5 Å². The second kappa shape index (κ2) is 4.57. The molecule has 1 aromatic rings. The average molecular weight is 220 g/mol. The number of nitrogens with two attached hydrogens (primary N) is 2. The molecule has 16 heavy (non-hydrogen) atoms. The third-order valence-electron chi connectivity index (χ3n) is 2.86. The molecule has 0 radical (unpaired) electrons. The fourth-order valence-corrected chi connectivity index (χ4v) is 2.03. The van der Waals surface area contributed by atoms with Gasteiger partial charge in [0.2, 0.25) is 5.91 Å². The monoisotopic (exact) mass is 220 g/mol. The fourth-order valence-electron chi connectivity index (χ4n) is 2.03. The highest BCUT2D eigenvalue weighted by molar-refractivity contribution is 5.75. The highest BCUT2D eigenvalue weighted by Gasteiger charge is 2.17. The van der Waals surface area contributed by atoms with Crippen molar-refractivity contribution in [3.63, 3.8) is 0 Å². The van der Waals surface area contributed by atoms with Crippen molar-refractivity contribution < 1.29 is 4.79 Å². The molecule has 1 amide bonds. The molecule has 5 heteroatoms. The zero-order valence-electron chi connectivity index (χ0n) is 9.15. The van der Waals surface area contributed by atoms with Crippen molar-refractivity contribution in [1.82, 2.24) is 9.97 Å². The van der Waals surface area contributed by atoms with E-state index in [1.807, 2.05) is 0 Å². The summed E-state index contributed by atoms with van der Waals surface area (Å²) in [5, 5.41) is 0. The lowest BCUT2D eigenvalue weighted by atomic mass is 10.1. The molecule has 5 nitrogen and oxygen atoms in total. The molecule has 1 unspecified atom stereocenters. The highest BCUT2D eigenvalue weighted by atomic mass is 16.1. The van der Waals surface area contributed by atoms with E-state index in [4.69, 9.17) is 11.5 Å². The first kappa shape index (κ1) is 11.0. The molecule has 1 aliphatic carbocycles. The molecule has 0 aromatic carbocycles. The number of fused-ring (bicyclic) bond motifs is 1. The number of carbonyl (C=O) groups excluding carboxylic acids is 1. The van der Waals surface area contributed by atoms with Crippen LogP contribution in [0, 0.1) is 0 Å². The van der Waals surface area contributed by atoms with Crippen LogP contribution in [0.3, 0.4) is 0 Å². The number of carbonyl (C=O) groups is 1. The Morgan fingerprint density at radius 2 is 2.31 bits per heavy atom. The van der Waals surface area contributed by atoms with Gasteiger partial charge in [-0.2, -0.15) is 0 Å². The smallest absolute Gasteiger partial charge is 0.225 e. The van der Waals surface area contributed by atoms with Gasteiger partial charge in [-0.05, 0) is 19.3 Å². The van der Waals surface area contributed by atoms with Gasteiger partial charge in [-0.25, -0.2) is 9.97 Å². The normalized spacial score (nSPS) is 19.9. The molecule has 2 rings (SSSR count). The van der Waals surface area contributed by atoms with Gasteiger partial charge in [-0.3, -0.25) is 4.79 Å². The van der Waals surface area contributed by atoms with Crippen molar-refractivity contribution in [1.29, 1.82) is 0 Å². The molecule has 0 saturated heterocycles. The molecule has 4 N–H and O–H groups in total. The molecule has 1 aromatic heterocycles. The predicted molar refractivity (Wildman–Crippen MR) is 59.4 cm³/mol. The maximum absolute atomic E-state index is 10.8. The summed E-state index contributed by atoms with van der Waals surface area (Å²) in [4.78, 5) is 19.3. The maximum Gasteiger partial charge on any atom is 0.225 e. The van der Waals surface area contributed by atoms with Crippen LogP contribution in [0.25, 0.3) is 0 Å². The number of nitrogens with zero attached hydrogens (tertiary/aromatic N) is 2. The van der Waals surface area contributed by atoms with E-state index in [9.17, 15) is 4.79 Å². The predicted octanol–water partition coefficient (Wildman–Crippen LogP) is 0.231. The Hall–Kier alpha value is -1.49. The van der Waals surface area contributed by atoms with E-state index in [0.717, 1.165) is 36.9 Å². The van der Waals surface area contributed by atoms with Crippen LogP contribution in [-0.2, 0) is 17.6 Å². The summed E-state index contributed by atoms with van der Waals surface area (Å²) in [6.45, 7) is 0. The molecule has 0 saturated carbocycles. The Morgan fingerprint density at radius 3 is 3.06 bits per heavy atom. The molecule has 0 aliphatic heterocycles. The van der Waals surface area contributed by atoms with Gasteiger partial charge in [-0.1, -0.05) is 6.42 Å². The van der Waals surface area contributed by atoms with Gasteiger partial charge in [0.1, 0.15) is 5.82 Å². The van der Waals surface area contributed by atoms with Crippen LogP contribution in [0.1, 0.15) is 42.4 Å². The molecule has 1 heterocycles. The minimum atomic E-state index is -0.405. The minimum Gasteiger partial charge on any atom is -0.369 e. The highest BCUT2D eigenvalue weighted by Crippen LogP contribution is 2.24. The van der Waals surface area contributed by atoms with Crippen LogP contribution in [-0.4, -0.2) is 15.9 Å². The van der Waals surface area contributed by atoms with Crippen molar-refractivity contribution in [2.75, 3.05) is 0 Å². The third-order valence-corrected chi connectivity index (χ3v) is 2.86. The SMILES string of the molecule is NC(=O)Cc1ncc2c(n1)CCCCC2N. The van der Waals surface area contributed by atoms with Gasteiger partial charge in [0.25, 0.3) is 0 Å². The van der Waals surface area contributed by atoms with Crippen molar-refractivity contribution in [2.45, 2.75) is 38.1 Å². The molecular formula is C11H16N4O. The number of amides is 1. The average Bonchev–Trinajstić information content (AvgIpc) is 2.40. The van der Waals surface area contributed by atoms with Crippen molar-refractivity contribution in [2.24, 2.45) is 11.5 Å². The van der Waals surface area contributed by atoms with Crippen molar-refractivity contribution >= 4 is 5.91 Å². The van der Waals surface area contributed by atoms with Gasteiger partial charge in [0.15, 0.2) is 0 Å². The van der Waals surface area contributed by atoms with Crippen LogP contribution in [0.2, 0.25) is 0 Å². The number of aromatic nitrogens is 2. The zero-order valence-corrected chi connectivity index (χ0v) is 9.15. The van der Waals surface area contributed by atoms with E-state index in [-0.39, 0.29) is 12.5 Å². The van der Waals surface area contributed by atoms with Crippen LogP contribution in [0.5, 0.6) is 0 Å². The zero-order chi connectivity index (χ0) is 11.5. The van der Waals surface area contributed by atoms with Gasteiger partial charge >= 0.3 is 0 Å². The van der Waals surface area contributed by atoms with E-state index in [0.29, 0.717) is 5.82 Å². The maximum atomic E-state index is 10.8. The second-order valence-electron chi connectivity index (χ2n) is 4.18. The first-order chi connectivity index (χ1) is 7.66. The molecule has 86 valence electrons. The summed E-state index contributed by atoms with van der Waals surface area (Å²) in [6, 6.07) is 0.0279. The van der Waals surface area contributed by atoms with E-state index in [1.54, 1.807) is 6.20 Å². The second-order valence-corrected chi connectivity index (χ2v) is 4.18. The van der Waals surface area contributed by atoms with Crippen LogP contribution >= 0.6 is 0 Å². The van der Waals surface area contributed by atoms with Crippen molar-refractivity contribution in [3.05, 3.63) is 23.3 Å². The Morgan fingerprint density at radius 1 is 1.50 bits per heavy atom. The number of hydrogen-bond acceptors (Lipinski definition) is 4. The molecule has 1 aliphatic rings. The summed E-state index contributed by atoms with van der Waals surface area (Å²) in [5.74, 6) is 0.0956. The minimum absolute atomic E-state index is 0.0279. The molecule has 1 atom stereocenters. The summed E-state index contributed by atoms with van der Waals surface area (Å²) in [5.41, 5.74) is 13.1. The van der Waals surface area contributed by atoms with Crippen LogP contribution in [0.15, 0.2) is 6.20 Å². The van der Waals surface area contributed by atoms with Crippen LogP contribution < -0.4 is 11.5 Å². The topological polar surface area (TPSA) is 94.9 Å². The number of aryl methyl sites for hydroxylation is 1. The molecule has 0 spiro atoms. The van der Waals surface area contributed by atoms with Crippen LogP contribution in [0.4, 0.5) is 0 Å². The quantitative estimate of drug-likeness (QED) is 0.697. The molecular weight excluding hydrogens is 204 g/mol. The Kier molecular flexibility index (Phi) is 3.14. The van der Waals surface area contributed by atoms with Gasteiger partial charge < -0.3 is 11.5 Å². The number of rotatable bonds is 2. The third kappa shape index (κ3) is 2.36. The van der Waals surface area contributed by atoms with Gasteiger partial charge in [-0.15, -0.1) is 0 Å². The largest absolute Gasteiger partial charge is 0.369 e. The van der Waals surface area contributed by atoms with Crippen molar-refractivity contribution in [3.8, 4) is 0 Å². The Balaban J connectivity index is 2.29. The number of hydrogen-bond donors (Lipinski definition) is 2. The molecule has 0 fully saturated rings. The summed E-state index contributed by atoms with van der Waals surface area (Å²) < 4.78 is 0. The summed E-state index contributed by atoms with van der Waals surface area (Å²) >= 11 is 0. The fraction of sp³-hybridized carbons (Fsp3) is 0.545. The molecule has 0 bridgehead atoms. The Labute approximate surface area is 94.3 Å². The number of primary amides is 1. The lowest BCUT2D eigenvalue weighted by molar-refractivity contribution is -0.117. The first-order valence-electron chi connectivity index (χ1n) is 5.55. The van der Waals surface area contributed by atoms with E-state index >= 15 is 0 Å². The van der Waals surface area contributed by atoms with E-state index in [1.165, 1.54) is 0 Å². The lowest BCUT2D eigenvalue weighted by Crippen LogP contribution is -2.18. The van der Waals surface area contributed by atoms with E-state index < -0.39 is 5.91 Å². The van der Waals surface area contributed by atoms with E-state index in [2.05, 4.69) is 9.97 Å². The lowest BCUT2D eigenvalue weighted by Gasteiger charge is -2.11. The first-order valence-corrected chi connectivity index (χ1v) is 5.55. The van der Waals surface area contributed by atoms with Gasteiger partial charge in [0.05, 0.1) is 6.42 Å². The summed E-state index contributed by atoms with van der Waals surface area (Å²) in [7, 11) is 0. The Bertz CT molecular complexity index is 405.